The van der Waals surface area contributed by atoms with E-state index in [0.717, 1.165) is 38.1 Å². The van der Waals surface area contributed by atoms with Crippen molar-refractivity contribution < 1.29 is 0 Å². The molecular weight excluding hydrogens is 419 g/mol. The zero-order valence-corrected chi connectivity index (χ0v) is 17.8. The van der Waals surface area contributed by atoms with Crippen molar-refractivity contribution in [1.82, 2.24) is 15.5 Å². The van der Waals surface area contributed by atoms with Crippen molar-refractivity contribution in [3.05, 3.63) is 12.2 Å². The van der Waals surface area contributed by atoms with Gasteiger partial charge in [0.05, 0.1) is 0 Å². The maximum absolute atomic E-state index is 4.40. The second kappa shape index (κ2) is 11.6. The molecule has 0 aliphatic carbocycles. The number of piperidine rings is 1. The average molecular weight is 452 g/mol. The Balaban J connectivity index is 0.00000264. The topological polar surface area (TPSA) is 39.7 Å². The summed E-state index contributed by atoms with van der Waals surface area (Å²) < 4.78 is 0. The number of guanidine groups is 1. The molecule has 0 amide bonds. The number of rotatable bonds is 5. The van der Waals surface area contributed by atoms with E-state index in [9.17, 15) is 0 Å². The van der Waals surface area contributed by atoms with Crippen LogP contribution in [-0.4, -0.2) is 61.6 Å². The van der Waals surface area contributed by atoms with Gasteiger partial charge >= 0.3 is 0 Å². The summed E-state index contributed by atoms with van der Waals surface area (Å²) in [6, 6.07) is 0.550. The number of hydrogen-bond donors (Lipinski definition) is 2. The number of nitrogens with zero attached hydrogens (tertiary/aromatic N) is 2. The SMILES string of the molecule is C=C(C)CN1CCC(NC(=NC)NCC2CCSCC2)CC1.I. The Morgan fingerprint density at radius 2 is 1.87 bits per heavy atom. The Morgan fingerprint density at radius 3 is 2.43 bits per heavy atom. The van der Waals surface area contributed by atoms with Gasteiger partial charge in [-0.3, -0.25) is 9.89 Å². The van der Waals surface area contributed by atoms with E-state index in [1.54, 1.807) is 0 Å². The molecule has 0 saturated carbocycles. The maximum atomic E-state index is 4.40. The predicted octanol–water partition coefficient (Wildman–Crippen LogP) is 2.95. The van der Waals surface area contributed by atoms with Crippen LogP contribution in [0.1, 0.15) is 32.6 Å². The lowest BCUT2D eigenvalue weighted by Crippen LogP contribution is -2.49. The lowest BCUT2D eigenvalue weighted by Gasteiger charge is -2.33. The molecule has 0 aromatic carbocycles. The first-order valence-electron chi connectivity index (χ1n) is 8.59. The van der Waals surface area contributed by atoms with Crippen molar-refractivity contribution in [2.24, 2.45) is 10.9 Å². The highest BCUT2D eigenvalue weighted by Gasteiger charge is 2.20. The van der Waals surface area contributed by atoms with Crippen molar-refractivity contribution in [2.75, 3.05) is 44.7 Å². The zero-order valence-electron chi connectivity index (χ0n) is 14.6. The number of aliphatic imine (C=N–C) groups is 1. The van der Waals surface area contributed by atoms with Crippen LogP contribution in [0, 0.1) is 5.92 Å². The molecule has 134 valence electrons. The molecule has 2 heterocycles. The largest absolute Gasteiger partial charge is 0.356 e. The van der Waals surface area contributed by atoms with Gasteiger partial charge in [-0.1, -0.05) is 12.2 Å². The highest BCUT2D eigenvalue weighted by atomic mass is 127. The first-order chi connectivity index (χ1) is 10.7. The molecule has 0 aromatic heterocycles. The van der Waals surface area contributed by atoms with Crippen LogP contribution in [0.15, 0.2) is 17.1 Å². The Kier molecular flexibility index (Phi) is 10.6. The van der Waals surface area contributed by atoms with Gasteiger partial charge in [-0.2, -0.15) is 11.8 Å². The van der Waals surface area contributed by atoms with E-state index in [4.69, 9.17) is 0 Å². The van der Waals surface area contributed by atoms with Crippen LogP contribution in [0.3, 0.4) is 0 Å². The molecule has 2 aliphatic heterocycles. The third-order valence-corrected chi connectivity index (χ3v) is 5.59. The minimum Gasteiger partial charge on any atom is -0.356 e. The van der Waals surface area contributed by atoms with Gasteiger partial charge in [-0.15, -0.1) is 24.0 Å². The van der Waals surface area contributed by atoms with E-state index in [2.05, 4.69) is 45.8 Å². The lowest BCUT2D eigenvalue weighted by molar-refractivity contribution is 0.221. The van der Waals surface area contributed by atoms with Crippen LogP contribution in [-0.2, 0) is 0 Å². The van der Waals surface area contributed by atoms with E-state index in [1.165, 1.54) is 42.8 Å². The second-order valence-electron chi connectivity index (χ2n) is 6.66. The van der Waals surface area contributed by atoms with E-state index >= 15 is 0 Å². The van der Waals surface area contributed by atoms with Gasteiger partial charge in [0.15, 0.2) is 5.96 Å². The summed E-state index contributed by atoms with van der Waals surface area (Å²) in [5.41, 5.74) is 1.26. The zero-order chi connectivity index (χ0) is 15.8. The molecule has 2 N–H and O–H groups in total. The molecule has 0 radical (unpaired) electrons. The molecule has 2 fully saturated rings. The number of likely N-dealkylation sites (tertiary alicyclic amines) is 1. The fourth-order valence-electron chi connectivity index (χ4n) is 3.20. The van der Waals surface area contributed by atoms with Crippen molar-refractivity contribution in [1.29, 1.82) is 0 Å². The summed E-state index contributed by atoms with van der Waals surface area (Å²) in [5, 5.41) is 7.14. The third-order valence-electron chi connectivity index (χ3n) is 4.54. The van der Waals surface area contributed by atoms with Crippen LogP contribution < -0.4 is 10.6 Å². The smallest absolute Gasteiger partial charge is 0.191 e. The monoisotopic (exact) mass is 452 g/mol. The molecule has 23 heavy (non-hydrogen) atoms. The Morgan fingerprint density at radius 1 is 1.22 bits per heavy atom. The molecule has 0 aromatic rings. The average Bonchev–Trinajstić information content (AvgIpc) is 2.53. The number of thioether (sulfide) groups is 1. The minimum atomic E-state index is 0. The summed E-state index contributed by atoms with van der Waals surface area (Å²) >= 11 is 2.09. The van der Waals surface area contributed by atoms with Crippen LogP contribution in [0.2, 0.25) is 0 Å². The lowest BCUT2D eigenvalue weighted by atomic mass is 10.0. The van der Waals surface area contributed by atoms with Gasteiger partial charge < -0.3 is 10.6 Å². The van der Waals surface area contributed by atoms with Crippen LogP contribution in [0.5, 0.6) is 0 Å². The molecule has 6 heteroatoms. The normalized spacial score (nSPS) is 21.6. The summed E-state index contributed by atoms with van der Waals surface area (Å²) in [7, 11) is 1.88. The molecule has 2 saturated heterocycles. The minimum absolute atomic E-state index is 0. The fraction of sp³-hybridized carbons (Fsp3) is 0.824. The Labute approximate surface area is 163 Å². The molecule has 0 unspecified atom stereocenters. The van der Waals surface area contributed by atoms with Crippen molar-refractivity contribution >= 4 is 41.7 Å². The molecular formula is C17H33IN4S. The number of hydrogen-bond acceptors (Lipinski definition) is 3. The summed E-state index contributed by atoms with van der Waals surface area (Å²) in [6.45, 7) is 10.5. The molecule has 0 bridgehead atoms. The number of halogens is 1. The van der Waals surface area contributed by atoms with Gasteiger partial charge in [0.25, 0.3) is 0 Å². The standard InChI is InChI=1S/C17H32N4S.HI/c1-14(2)13-21-8-4-16(5-9-21)20-17(18-3)19-12-15-6-10-22-11-7-15;/h15-16H,1,4-13H2,2-3H3,(H2,18,19,20);1H. The summed E-state index contributed by atoms with van der Waals surface area (Å²) in [5.74, 6) is 4.44. The van der Waals surface area contributed by atoms with Crippen LogP contribution >= 0.6 is 35.7 Å². The quantitative estimate of drug-likeness (QED) is 0.291. The molecule has 2 aliphatic rings. The Hall–Kier alpha value is 0.0500. The molecule has 2 rings (SSSR count). The predicted molar refractivity (Wildman–Crippen MR) is 114 cm³/mol. The van der Waals surface area contributed by atoms with Gasteiger partial charge in [-0.05, 0) is 50.0 Å². The molecule has 0 atom stereocenters. The molecule has 4 nitrogen and oxygen atoms in total. The van der Waals surface area contributed by atoms with E-state index in [1.807, 2.05) is 7.05 Å². The summed E-state index contributed by atoms with van der Waals surface area (Å²) in [4.78, 5) is 6.89. The first-order valence-corrected chi connectivity index (χ1v) is 9.74. The molecule has 0 spiro atoms. The van der Waals surface area contributed by atoms with E-state index in [-0.39, 0.29) is 24.0 Å². The van der Waals surface area contributed by atoms with Gasteiger partial charge in [0, 0.05) is 39.3 Å². The third kappa shape index (κ3) is 8.12. The van der Waals surface area contributed by atoms with Gasteiger partial charge in [-0.25, -0.2) is 0 Å². The van der Waals surface area contributed by atoms with Crippen molar-refractivity contribution in [2.45, 2.75) is 38.6 Å². The van der Waals surface area contributed by atoms with Gasteiger partial charge in [0.1, 0.15) is 0 Å². The second-order valence-corrected chi connectivity index (χ2v) is 7.89. The number of nitrogens with one attached hydrogen (secondary N) is 2. The fourth-order valence-corrected chi connectivity index (χ4v) is 4.40. The highest BCUT2D eigenvalue weighted by Crippen LogP contribution is 2.21. The highest BCUT2D eigenvalue weighted by molar-refractivity contribution is 14.0. The van der Waals surface area contributed by atoms with Crippen molar-refractivity contribution in [3.63, 3.8) is 0 Å². The summed E-state index contributed by atoms with van der Waals surface area (Å²) in [6.07, 6.45) is 5.06. The first kappa shape index (κ1) is 21.1. The van der Waals surface area contributed by atoms with E-state index in [0.29, 0.717) is 6.04 Å². The van der Waals surface area contributed by atoms with Crippen LogP contribution in [0.25, 0.3) is 0 Å². The van der Waals surface area contributed by atoms with Gasteiger partial charge in [0.2, 0.25) is 0 Å². The Bertz CT molecular complexity index is 375. The maximum Gasteiger partial charge on any atom is 0.191 e. The van der Waals surface area contributed by atoms with E-state index < -0.39 is 0 Å². The van der Waals surface area contributed by atoms with Crippen molar-refractivity contribution in [3.8, 4) is 0 Å². The van der Waals surface area contributed by atoms with Crippen LogP contribution in [0.4, 0.5) is 0 Å².